The van der Waals surface area contributed by atoms with Gasteiger partial charge in [0.25, 0.3) is 0 Å². The standard InChI is InChI=1S/C25H27ClN2O4S/c1-18-17-27-13-11-22(18)21-7-3-6-20(16-21)12-15-28(14-5-10-25(29)30)33(31,32)24-9-4-8-23(26)19(24)2/h3-4,6-9,11,13,16-17H,5,10,12,14-15H2,1-2H3,(H,29,30). The molecular weight excluding hydrogens is 460 g/mol. The zero-order valence-electron chi connectivity index (χ0n) is 18.7. The van der Waals surface area contributed by atoms with Crippen molar-refractivity contribution in [2.45, 2.75) is 38.0 Å². The number of aromatic nitrogens is 1. The number of sulfonamides is 1. The second-order valence-electron chi connectivity index (χ2n) is 7.91. The number of carbonyl (C=O) groups is 1. The van der Waals surface area contributed by atoms with Crippen molar-refractivity contribution in [2.24, 2.45) is 0 Å². The van der Waals surface area contributed by atoms with E-state index in [-0.39, 0.29) is 30.8 Å². The fraction of sp³-hybridized carbons (Fsp3) is 0.280. The minimum Gasteiger partial charge on any atom is -0.481 e. The summed E-state index contributed by atoms with van der Waals surface area (Å²) in [6.07, 6.45) is 4.18. The Morgan fingerprint density at radius 2 is 1.85 bits per heavy atom. The monoisotopic (exact) mass is 486 g/mol. The third-order valence-corrected chi connectivity index (χ3v) is 7.99. The first-order valence-electron chi connectivity index (χ1n) is 10.7. The first-order chi connectivity index (χ1) is 15.7. The highest BCUT2D eigenvalue weighted by Gasteiger charge is 2.26. The first kappa shape index (κ1) is 24.9. The van der Waals surface area contributed by atoms with Gasteiger partial charge in [0, 0.05) is 36.9 Å². The van der Waals surface area contributed by atoms with E-state index in [9.17, 15) is 13.2 Å². The highest BCUT2D eigenvalue weighted by atomic mass is 35.5. The minimum atomic E-state index is -3.84. The molecule has 0 atom stereocenters. The van der Waals surface area contributed by atoms with Gasteiger partial charge in [0.2, 0.25) is 10.0 Å². The molecule has 0 radical (unpaired) electrons. The van der Waals surface area contributed by atoms with Crippen LogP contribution in [0.15, 0.2) is 65.8 Å². The Balaban J connectivity index is 1.85. The number of rotatable bonds is 10. The maximum absolute atomic E-state index is 13.4. The molecule has 8 heteroatoms. The van der Waals surface area contributed by atoms with Crippen molar-refractivity contribution in [3.63, 3.8) is 0 Å². The van der Waals surface area contributed by atoms with Gasteiger partial charge in [0.15, 0.2) is 0 Å². The highest BCUT2D eigenvalue weighted by molar-refractivity contribution is 7.89. The quantitative estimate of drug-likeness (QED) is 0.430. The topological polar surface area (TPSA) is 87.6 Å². The second-order valence-corrected chi connectivity index (χ2v) is 10.2. The van der Waals surface area contributed by atoms with Crippen molar-refractivity contribution in [1.29, 1.82) is 0 Å². The van der Waals surface area contributed by atoms with E-state index in [2.05, 4.69) is 11.1 Å². The number of halogens is 1. The molecular formula is C25H27ClN2O4S. The van der Waals surface area contributed by atoms with Crippen LogP contribution in [-0.4, -0.2) is 41.9 Å². The summed E-state index contributed by atoms with van der Waals surface area (Å²) >= 11 is 6.17. The van der Waals surface area contributed by atoms with Crippen LogP contribution in [0, 0.1) is 13.8 Å². The fourth-order valence-corrected chi connectivity index (χ4v) is 5.67. The van der Waals surface area contributed by atoms with Gasteiger partial charge >= 0.3 is 5.97 Å². The van der Waals surface area contributed by atoms with Crippen LogP contribution >= 0.6 is 11.6 Å². The number of pyridine rings is 1. The summed E-state index contributed by atoms with van der Waals surface area (Å²) in [7, 11) is -3.84. The predicted octanol–water partition coefficient (Wildman–Crippen LogP) is 5.12. The second kappa shape index (κ2) is 10.9. The van der Waals surface area contributed by atoms with Crippen LogP contribution in [0.4, 0.5) is 0 Å². The molecule has 0 amide bonds. The van der Waals surface area contributed by atoms with Gasteiger partial charge in [-0.25, -0.2) is 8.42 Å². The molecule has 174 valence electrons. The molecule has 2 aromatic carbocycles. The Morgan fingerprint density at radius 1 is 1.09 bits per heavy atom. The number of nitrogens with zero attached hydrogens (tertiary/aromatic N) is 2. The molecule has 1 heterocycles. The minimum absolute atomic E-state index is 0.0998. The third-order valence-electron chi connectivity index (χ3n) is 5.54. The summed E-state index contributed by atoms with van der Waals surface area (Å²) in [6.45, 7) is 4.01. The van der Waals surface area contributed by atoms with E-state index >= 15 is 0 Å². The van der Waals surface area contributed by atoms with E-state index in [0.717, 1.165) is 22.3 Å². The molecule has 1 aromatic heterocycles. The lowest BCUT2D eigenvalue weighted by Gasteiger charge is -2.23. The number of aliphatic carboxylic acids is 1. The van der Waals surface area contributed by atoms with Crippen molar-refractivity contribution in [3.8, 4) is 11.1 Å². The lowest BCUT2D eigenvalue weighted by Crippen LogP contribution is -2.34. The van der Waals surface area contributed by atoms with Gasteiger partial charge in [-0.15, -0.1) is 0 Å². The zero-order chi connectivity index (χ0) is 24.0. The lowest BCUT2D eigenvalue weighted by molar-refractivity contribution is -0.137. The number of aryl methyl sites for hydroxylation is 1. The van der Waals surface area contributed by atoms with Crippen LogP contribution in [0.5, 0.6) is 0 Å². The normalized spacial score (nSPS) is 11.6. The molecule has 0 unspecified atom stereocenters. The van der Waals surface area contributed by atoms with Crippen LogP contribution in [0.1, 0.15) is 29.5 Å². The maximum atomic E-state index is 13.4. The number of carboxylic acid groups (broad SMARTS) is 1. The molecule has 0 spiro atoms. The van der Waals surface area contributed by atoms with Crippen LogP contribution in [-0.2, 0) is 21.2 Å². The van der Waals surface area contributed by atoms with Crippen molar-refractivity contribution in [3.05, 3.63) is 82.6 Å². The number of benzene rings is 2. The van der Waals surface area contributed by atoms with E-state index in [0.29, 0.717) is 17.0 Å². The van der Waals surface area contributed by atoms with E-state index in [1.54, 1.807) is 25.3 Å². The summed E-state index contributed by atoms with van der Waals surface area (Å²) in [6, 6.07) is 14.7. The summed E-state index contributed by atoms with van der Waals surface area (Å²) in [5.74, 6) is -0.952. The molecule has 6 nitrogen and oxygen atoms in total. The molecule has 0 aliphatic heterocycles. The molecule has 0 fully saturated rings. The van der Waals surface area contributed by atoms with Crippen LogP contribution in [0.25, 0.3) is 11.1 Å². The Labute approximate surface area is 199 Å². The van der Waals surface area contributed by atoms with Gasteiger partial charge < -0.3 is 5.11 Å². The Kier molecular flexibility index (Phi) is 8.24. The highest BCUT2D eigenvalue weighted by Crippen LogP contribution is 2.27. The van der Waals surface area contributed by atoms with Crippen LogP contribution in [0.3, 0.4) is 0 Å². The van der Waals surface area contributed by atoms with Gasteiger partial charge in [-0.05, 0) is 72.7 Å². The number of hydrogen-bond acceptors (Lipinski definition) is 4. The lowest BCUT2D eigenvalue weighted by atomic mass is 9.99. The fourth-order valence-electron chi connectivity index (χ4n) is 3.71. The van der Waals surface area contributed by atoms with E-state index in [1.807, 2.05) is 37.4 Å². The van der Waals surface area contributed by atoms with Gasteiger partial charge in [0.1, 0.15) is 0 Å². The smallest absolute Gasteiger partial charge is 0.303 e. The summed E-state index contributed by atoms with van der Waals surface area (Å²) in [4.78, 5) is 15.3. The van der Waals surface area contributed by atoms with Gasteiger partial charge in [-0.2, -0.15) is 4.31 Å². The summed E-state index contributed by atoms with van der Waals surface area (Å²) in [5, 5.41) is 9.38. The van der Waals surface area contributed by atoms with Crippen molar-refractivity contribution >= 4 is 27.6 Å². The summed E-state index contributed by atoms with van der Waals surface area (Å²) < 4.78 is 28.3. The van der Waals surface area contributed by atoms with E-state index < -0.39 is 16.0 Å². The molecule has 0 bridgehead atoms. The average molecular weight is 487 g/mol. The zero-order valence-corrected chi connectivity index (χ0v) is 20.2. The van der Waals surface area contributed by atoms with Crippen molar-refractivity contribution in [1.82, 2.24) is 9.29 Å². The molecule has 0 saturated heterocycles. The van der Waals surface area contributed by atoms with E-state index in [4.69, 9.17) is 16.7 Å². The van der Waals surface area contributed by atoms with E-state index in [1.165, 1.54) is 10.4 Å². The SMILES string of the molecule is Cc1cnccc1-c1cccc(CCN(CCCC(=O)O)S(=O)(=O)c2cccc(Cl)c2C)c1. The number of hydrogen-bond donors (Lipinski definition) is 1. The van der Waals surface area contributed by atoms with Crippen LogP contribution in [0.2, 0.25) is 5.02 Å². The Morgan fingerprint density at radius 3 is 2.58 bits per heavy atom. The van der Waals surface area contributed by atoms with Gasteiger partial charge in [0.05, 0.1) is 4.90 Å². The largest absolute Gasteiger partial charge is 0.481 e. The average Bonchev–Trinajstić information content (AvgIpc) is 2.78. The third kappa shape index (κ3) is 6.19. The van der Waals surface area contributed by atoms with Crippen molar-refractivity contribution in [2.75, 3.05) is 13.1 Å². The molecule has 0 aliphatic carbocycles. The predicted molar refractivity (Wildman–Crippen MR) is 130 cm³/mol. The van der Waals surface area contributed by atoms with Crippen LogP contribution < -0.4 is 0 Å². The Bertz CT molecular complexity index is 1240. The van der Waals surface area contributed by atoms with Gasteiger partial charge in [-0.3, -0.25) is 9.78 Å². The number of carboxylic acids is 1. The molecule has 1 N–H and O–H groups in total. The molecule has 3 rings (SSSR count). The van der Waals surface area contributed by atoms with Crippen molar-refractivity contribution < 1.29 is 18.3 Å². The molecule has 0 aliphatic rings. The van der Waals surface area contributed by atoms with Gasteiger partial charge in [-0.1, -0.05) is 41.9 Å². The maximum Gasteiger partial charge on any atom is 0.303 e. The first-order valence-corrected chi connectivity index (χ1v) is 12.5. The molecule has 3 aromatic rings. The summed E-state index contributed by atoms with van der Waals surface area (Å²) in [5.41, 5.74) is 4.65. The molecule has 0 saturated carbocycles. The Hall–Kier alpha value is -2.74. The molecule has 33 heavy (non-hydrogen) atoms.